The Balaban J connectivity index is 1.53. The maximum Gasteiger partial charge on any atom is 0.0945 e. The van der Waals surface area contributed by atoms with Crippen molar-refractivity contribution in [2.75, 3.05) is 11.9 Å². The predicted molar refractivity (Wildman–Crippen MR) is 73.6 cm³/mol. The molecule has 4 heteroatoms. The number of aromatic nitrogens is 3. The molecule has 4 nitrogen and oxygen atoms in total. The molecule has 0 radical (unpaired) electrons. The number of anilines is 1. The molecule has 0 amide bonds. The molecule has 18 heavy (non-hydrogen) atoms. The minimum atomic E-state index is 0.966. The van der Waals surface area contributed by atoms with Gasteiger partial charge < -0.3 is 14.9 Å². The minimum absolute atomic E-state index is 0.966. The summed E-state index contributed by atoms with van der Waals surface area (Å²) in [6.45, 7) is 1.97. The fourth-order valence-corrected chi connectivity index (χ4v) is 2.08. The van der Waals surface area contributed by atoms with Gasteiger partial charge in [0.05, 0.1) is 6.33 Å². The van der Waals surface area contributed by atoms with Crippen molar-refractivity contribution in [2.24, 2.45) is 0 Å². The van der Waals surface area contributed by atoms with Gasteiger partial charge in [-0.1, -0.05) is 0 Å². The molecule has 0 atom stereocenters. The van der Waals surface area contributed by atoms with Crippen LogP contribution in [0.25, 0.3) is 10.9 Å². The fraction of sp³-hybridized carbons (Fsp3) is 0.214. The molecular formula is C14H16N4. The molecule has 3 aromatic rings. The van der Waals surface area contributed by atoms with Gasteiger partial charge in [0.1, 0.15) is 0 Å². The summed E-state index contributed by atoms with van der Waals surface area (Å²) < 4.78 is 2.09. The number of H-pyrrole nitrogens is 1. The number of hydrogen-bond donors (Lipinski definition) is 2. The van der Waals surface area contributed by atoms with E-state index in [1.165, 1.54) is 16.6 Å². The van der Waals surface area contributed by atoms with Crippen molar-refractivity contribution in [2.45, 2.75) is 13.0 Å². The van der Waals surface area contributed by atoms with E-state index in [-0.39, 0.29) is 0 Å². The van der Waals surface area contributed by atoms with Crippen LogP contribution in [0.1, 0.15) is 6.42 Å². The Bertz CT molecular complexity index is 610. The SMILES string of the molecule is c1cn(CCCNc2ccc3[nH]ccc3c2)cn1. The Morgan fingerprint density at radius 2 is 2.28 bits per heavy atom. The lowest BCUT2D eigenvalue weighted by atomic mass is 10.2. The monoisotopic (exact) mass is 240 g/mol. The maximum absolute atomic E-state index is 4.03. The van der Waals surface area contributed by atoms with Crippen molar-refractivity contribution in [1.82, 2.24) is 14.5 Å². The Kier molecular flexibility index (Phi) is 3.00. The molecule has 0 unspecified atom stereocenters. The van der Waals surface area contributed by atoms with E-state index in [1.807, 2.05) is 24.9 Å². The third-order valence-electron chi connectivity index (χ3n) is 3.03. The van der Waals surface area contributed by atoms with Crippen LogP contribution in [0, 0.1) is 0 Å². The van der Waals surface area contributed by atoms with E-state index in [0.717, 1.165) is 19.5 Å². The molecule has 1 aromatic carbocycles. The second-order valence-electron chi connectivity index (χ2n) is 4.36. The van der Waals surface area contributed by atoms with E-state index >= 15 is 0 Å². The molecule has 0 spiro atoms. The zero-order valence-electron chi connectivity index (χ0n) is 10.1. The van der Waals surface area contributed by atoms with Crippen LogP contribution < -0.4 is 5.32 Å². The van der Waals surface area contributed by atoms with Gasteiger partial charge >= 0.3 is 0 Å². The van der Waals surface area contributed by atoms with Crippen LogP contribution in [0.5, 0.6) is 0 Å². The Hall–Kier alpha value is -2.23. The predicted octanol–water partition coefficient (Wildman–Crippen LogP) is 2.87. The second kappa shape index (κ2) is 4.96. The summed E-state index contributed by atoms with van der Waals surface area (Å²) in [6.07, 6.45) is 8.71. The summed E-state index contributed by atoms with van der Waals surface area (Å²) in [6, 6.07) is 8.47. The summed E-state index contributed by atoms with van der Waals surface area (Å²) in [5.41, 5.74) is 2.35. The van der Waals surface area contributed by atoms with Gasteiger partial charge in [-0.15, -0.1) is 0 Å². The van der Waals surface area contributed by atoms with Crippen LogP contribution in [0.2, 0.25) is 0 Å². The summed E-state index contributed by atoms with van der Waals surface area (Å²) in [5.74, 6) is 0. The molecule has 92 valence electrons. The summed E-state index contributed by atoms with van der Waals surface area (Å²) in [4.78, 5) is 7.22. The molecule has 2 heterocycles. The Morgan fingerprint density at radius 1 is 1.28 bits per heavy atom. The molecule has 0 aliphatic carbocycles. The average molecular weight is 240 g/mol. The van der Waals surface area contributed by atoms with E-state index in [1.54, 1.807) is 0 Å². The van der Waals surface area contributed by atoms with Gasteiger partial charge in [-0.05, 0) is 30.7 Å². The standard InChI is InChI=1S/C14H16N4/c1(8-18-9-7-15-11-18)5-16-13-2-3-14-12(10-13)4-6-17-14/h2-4,6-7,9-11,16-17H,1,5,8H2. The lowest BCUT2D eigenvalue weighted by Gasteiger charge is -2.07. The number of benzene rings is 1. The lowest BCUT2D eigenvalue weighted by molar-refractivity contribution is 0.661. The van der Waals surface area contributed by atoms with Crippen LogP contribution in [-0.4, -0.2) is 21.1 Å². The topological polar surface area (TPSA) is 45.6 Å². The third-order valence-corrected chi connectivity index (χ3v) is 3.03. The van der Waals surface area contributed by atoms with Gasteiger partial charge in [0, 0.05) is 48.3 Å². The summed E-state index contributed by atoms with van der Waals surface area (Å²) >= 11 is 0. The zero-order valence-corrected chi connectivity index (χ0v) is 10.1. The van der Waals surface area contributed by atoms with Crippen molar-refractivity contribution in [3.05, 3.63) is 49.2 Å². The van der Waals surface area contributed by atoms with E-state index in [9.17, 15) is 0 Å². The van der Waals surface area contributed by atoms with E-state index in [2.05, 4.69) is 44.1 Å². The molecule has 2 N–H and O–H groups in total. The number of fused-ring (bicyclic) bond motifs is 1. The molecular weight excluding hydrogens is 224 g/mol. The number of nitrogens with one attached hydrogen (secondary N) is 2. The molecule has 0 saturated carbocycles. The first kappa shape index (κ1) is 10.9. The van der Waals surface area contributed by atoms with E-state index < -0.39 is 0 Å². The highest BCUT2D eigenvalue weighted by atomic mass is 15.0. The number of aryl methyl sites for hydroxylation is 1. The molecule has 0 saturated heterocycles. The van der Waals surface area contributed by atoms with Crippen LogP contribution in [-0.2, 0) is 6.54 Å². The van der Waals surface area contributed by atoms with Crippen molar-refractivity contribution in [3.8, 4) is 0 Å². The van der Waals surface area contributed by atoms with Crippen molar-refractivity contribution in [3.63, 3.8) is 0 Å². The minimum Gasteiger partial charge on any atom is -0.385 e. The first-order chi connectivity index (χ1) is 8.92. The van der Waals surface area contributed by atoms with Gasteiger partial charge in [-0.2, -0.15) is 0 Å². The van der Waals surface area contributed by atoms with E-state index in [0.29, 0.717) is 0 Å². The van der Waals surface area contributed by atoms with E-state index in [4.69, 9.17) is 0 Å². The fourth-order valence-electron chi connectivity index (χ4n) is 2.08. The Labute approximate surface area is 106 Å². The number of nitrogens with zero attached hydrogens (tertiary/aromatic N) is 2. The smallest absolute Gasteiger partial charge is 0.0945 e. The van der Waals surface area contributed by atoms with Crippen molar-refractivity contribution in [1.29, 1.82) is 0 Å². The zero-order chi connectivity index (χ0) is 12.2. The summed E-state index contributed by atoms with van der Waals surface area (Å²) in [7, 11) is 0. The lowest BCUT2D eigenvalue weighted by Crippen LogP contribution is -2.05. The average Bonchev–Trinajstić information content (AvgIpc) is 3.05. The maximum atomic E-state index is 4.03. The summed E-state index contributed by atoms with van der Waals surface area (Å²) in [5, 5.41) is 4.69. The third kappa shape index (κ3) is 2.37. The van der Waals surface area contributed by atoms with Crippen LogP contribution in [0.3, 0.4) is 0 Å². The van der Waals surface area contributed by atoms with Gasteiger partial charge in [0.2, 0.25) is 0 Å². The number of rotatable bonds is 5. The molecule has 3 rings (SSSR count). The normalized spacial score (nSPS) is 10.9. The number of aromatic amines is 1. The second-order valence-corrected chi connectivity index (χ2v) is 4.36. The molecule has 0 fully saturated rings. The van der Waals surface area contributed by atoms with Crippen LogP contribution >= 0.6 is 0 Å². The number of hydrogen-bond acceptors (Lipinski definition) is 2. The molecule has 0 aliphatic heterocycles. The highest BCUT2D eigenvalue weighted by Gasteiger charge is 1.96. The highest BCUT2D eigenvalue weighted by Crippen LogP contribution is 2.17. The van der Waals surface area contributed by atoms with Crippen molar-refractivity contribution < 1.29 is 0 Å². The molecule has 0 aliphatic rings. The van der Waals surface area contributed by atoms with Crippen LogP contribution in [0.4, 0.5) is 5.69 Å². The molecule has 2 aromatic heterocycles. The van der Waals surface area contributed by atoms with Gasteiger partial charge in [0.25, 0.3) is 0 Å². The van der Waals surface area contributed by atoms with Crippen LogP contribution in [0.15, 0.2) is 49.2 Å². The van der Waals surface area contributed by atoms with Crippen molar-refractivity contribution >= 4 is 16.6 Å². The van der Waals surface area contributed by atoms with Gasteiger partial charge in [-0.25, -0.2) is 4.98 Å². The van der Waals surface area contributed by atoms with Gasteiger partial charge in [0.15, 0.2) is 0 Å². The largest absolute Gasteiger partial charge is 0.385 e. The quantitative estimate of drug-likeness (QED) is 0.674. The highest BCUT2D eigenvalue weighted by molar-refractivity contribution is 5.82. The first-order valence-corrected chi connectivity index (χ1v) is 6.18. The van der Waals surface area contributed by atoms with Gasteiger partial charge in [-0.3, -0.25) is 0 Å². The first-order valence-electron chi connectivity index (χ1n) is 6.18. The molecule has 0 bridgehead atoms. The number of imidazole rings is 1. The Morgan fingerprint density at radius 3 is 3.17 bits per heavy atom.